The van der Waals surface area contributed by atoms with Crippen molar-refractivity contribution in [3.05, 3.63) is 53.6 Å². The largest absolute Gasteiger partial charge is 0.465 e. The predicted octanol–water partition coefficient (Wildman–Crippen LogP) is 1.90. The first-order valence-corrected chi connectivity index (χ1v) is 6.16. The number of nitrogen functional groups attached to an aromatic ring is 1. The summed E-state index contributed by atoms with van der Waals surface area (Å²) in [5.41, 5.74) is 13.4. The highest BCUT2D eigenvalue weighted by molar-refractivity contribution is 5.99. The lowest BCUT2D eigenvalue weighted by molar-refractivity contribution is 0.0602. The summed E-state index contributed by atoms with van der Waals surface area (Å²) < 4.78 is 4.67. The molecule has 0 unspecified atom stereocenters. The Labute approximate surface area is 121 Å². The molecule has 2 aromatic rings. The minimum Gasteiger partial charge on any atom is -0.465 e. The van der Waals surface area contributed by atoms with Crippen LogP contribution in [0.25, 0.3) is 0 Å². The second-order valence-corrected chi connectivity index (χ2v) is 4.32. The Hall–Kier alpha value is -3.02. The topological polar surface area (TPSA) is 107 Å². The summed E-state index contributed by atoms with van der Waals surface area (Å²) >= 11 is 0. The Kier molecular flexibility index (Phi) is 4.08. The van der Waals surface area contributed by atoms with Gasteiger partial charge in [0.15, 0.2) is 0 Å². The summed E-state index contributed by atoms with van der Waals surface area (Å²) in [4.78, 5) is 22.6. The van der Waals surface area contributed by atoms with E-state index in [-0.39, 0.29) is 5.56 Å². The Bertz CT molecular complexity index is 681. The number of rotatable bonds is 4. The molecule has 0 radical (unpaired) electrons. The molecule has 6 nitrogen and oxygen atoms in total. The van der Waals surface area contributed by atoms with Crippen LogP contribution in [0.2, 0.25) is 0 Å². The maximum atomic E-state index is 11.6. The van der Waals surface area contributed by atoms with Crippen molar-refractivity contribution in [2.75, 3.05) is 18.2 Å². The number of para-hydroxylation sites is 1. The van der Waals surface area contributed by atoms with Crippen LogP contribution in [0, 0.1) is 0 Å². The summed E-state index contributed by atoms with van der Waals surface area (Å²) in [6.45, 7) is 0. The fraction of sp³-hybridized carbons (Fsp3) is 0.0667. The van der Waals surface area contributed by atoms with Crippen LogP contribution in [0.4, 0.5) is 17.1 Å². The van der Waals surface area contributed by atoms with Gasteiger partial charge in [-0.1, -0.05) is 6.07 Å². The van der Waals surface area contributed by atoms with E-state index in [0.717, 1.165) is 0 Å². The van der Waals surface area contributed by atoms with Crippen LogP contribution < -0.4 is 16.8 Å². The number of carbonyl (C=O) groups is 2. The molecule has 0 aromatic heterocycles. The van der Waals surface area contributed by atoms with Crippen LogP contribution in [-0.4, -0.2) is 19.0 Å². The summed E-state index contributed by atoms with van der Waals surface area (Å²) in [5, 5.41) is 3.07. The number of hydrogen-bond donors (Lipinski definition) is 3. The second-order valence-electron chi connectivity index (χ2n) is 4.32. The third-order valence-electron chi connectivity index (χ3n) is 2.96. The third kappa shape index (κ3) is 3.11. The molecule has 108 valence electrons. The van der Waals surface area contributed by atoms with Gasteiger partial charge in [-0.05, 0) is 36.4 Å². The summed E-state index contributed by atoms with van der Waals surface area (Å²) in [5.74, 6) is -0.992. The number of primary amides is 1. The van der Waals surface area contributed by atoms with Gasteiger partial charge in [-0.15, -0.1) is 0 Å². The molecule has 0 saturated carbocycles. The quantitative estimate of drug-likeness (QED) is 0.587. The highest BCUT2D eigenvalue weighted by atomic mass is 16.5. The number of hydrogen-bond acceptors (Lipinski definition) is 5. The Morgan fingerprint density at radius 3 is 2.33 bits per heavy atom. The average molecular weight is 285 g/mol. The van der Waals surface area contributed by atoms with Gasteiger partial charge in [0, 0.05) is 11.3 Å². The number of amides is 1. The van der Waals surface area contributed by atoms with Gasteiger partial charge >= 0.3 is 5.97 Å². The van der Waals surface area contributed by atoms with Crippen molar-refractivity contribution in [3.8, 4) is 0 Å². The molecule has 0 aliphatic rings. The van der Waals surface area contributed by atoms with Crippen LogP contribution in [-0.2, 0) is 4.74 Å². The molecule has 0 spiro atoms. The Morgan fingerprint density at radius 2 is 1.76 bits per heavy atom. The van der Waals surface area contributed by atoms with Gasteiger partial charge in [0.05, 0.1) is 24.0 Å². The lowest BCUT2D eigenvalue weighted by atomic mass is 10.1. The molecule has 2 aromatic carbocycles. The molecular formula is C15H15N3O3. The lowest BCUT2D eigenvalue weighted by Gasteiger charge is -2.12. The number of carbonyl (C=O) groups excluding carboxylic acids is 2. The lowest BCUT2D eigenvalue weighted by Crippen LogP contribution is -2.10. The molecule has 0 aliphatic carbocycles. The maximum absolute atomic E-state index is 11.6. The van der Waals surface area contributed by atoms with Crippen LogP contribution >= 0.6 is 0 Å². The van der Waals surface area contributed by atoms with Crippen molar-refractivity contribution in [1.29, 1.82) is 0 Å². The minimum atomic E-state index is -0.500. The fourth-order valence-corrected chi connectivity index (χ4v) is 1.84. The van der Waals surface area contributed by atoms with Crippen LogP contribution in [0.5, 0.6) is 0 Å². The van der Waals surface area contributed by atoms with Crippen LogP contribution in [0.15, 0.2) is 42.5 Å². The zero-order chi connectivity index (χ0) is 15.4. The highest BCUT2D eigenvalue weighted by Gasteiger charge is 2.12. The smallest absolute Gasteiger partial charge is 0.340 e. The van der Waals surface area contributed by atoms with Crippen molar-refractivity contribution < 1.29 is 14.3 Å². The molecule has 0 atom stereocenters. The van der Waals surface area contributed by atoms with Crippen LogP contribution in [0.3, 0.4) is 0 Å². The van der Waals surface area contributed by atoms with Gasteiger partial charge in [0.25, 0.3) is 0 Å². The van der Waals surface area contributed by atoms with Gasteiger partial charge in [-0.25, -0.2) is 4.79 Å². The van der Waals surface area contributed by atoms with E-state index in [9.17, 15) is 9.59 Å². The number of methoxy groups -OCH3 is 1. The number of nitrogens with two attached hydrogens (primary N) is 2. The van der Waals surface area contributed by atoms with Gasteiger partial charge in [0.1, 0.15) is 0 Å². The van der Waals surface area contributed by atoms with E-state index in [4.69, 9.17) is 11.5 Å². The number of anilines is 3. The Morgan fingerprint density at radius 1 is 1.10 bits per heavy atom. The molecule has 5 N–H and O–H groups in total. The standard InChI is InChI=1S/C15H15N3O3/c1-21-15(20)11-3-2-4-12(13(11)16)18-10-7-5-9(6-8-10)14(17)19/h2-8,18H,16H2,1H3,(H2,17,19). The second kappa shape index (κ2) is 5.96. The van der Waals surface area contributed by atoms with E-state index in [0.29, 0.717) is 22.6 Å². The van der Waals surface area contributed by atoms with E-state index in [1.165, 1.54) is 7.11 Å². The predicted molar refractivity (Wildman–Crippen MR) is 80.4 cm³/mol. The molecule has 0 bridgehead atoms. The SMILES string of the molecule is COC(=O)c1cccc(Nc2ccc(C(N)=O)cc2)c1N. The van der Waals surface area contributed by atoms with E-state index >= 15 is 0 Å². The monoisotopic (exact) mass is 285 g/mol. The molecule has 0 aliphatic heterocycles. The molecule has 6 heteroatoms. The number of benzene rings is 2. The van der Waals surface area contributed by atoms with Gasteiger partial charge in [-0.2, -0.15) is 0 Å². The van der Waals surface area contributed by atoms with Crippen LogP contribution in [0.1, 0.15) is 20.7 Å². The molecule has 0 heterocycles. The normalized spacial score (nSPS) is 9.95. The first kappa shape index (κ1) is 14.4. The van der Waals surface area contributed by atoms with Crippen molar-refractivity contribution in [2.24, 2.45) is 5.73 Å². The first-order chi connectivity index (χ1) is 10.0. The first-order valence-electron chi connectivity index (χ1n) is 6.16. The van der Waals surface area contributed by atoms with Crippen molar-refractivity contribution in [3.63, 3.8) is 0 Å². The third-order valence-corrected chi connectivity index (χ3v) is 2.96. The molecular weight excluding hydrogens is 270 g/mol. The highest BCUT2D eigenvalue weighted by Crippen LogP contribution is 2.26. The average Bonchev–Trinajstić information content (AvgIpc) is 2.49. The Balaban J connectivity index is 2.27. The molecule has 2 rings (SSSR count). The zero-order valence-electron chi connectivity index (χ0n) is 11.4. The van der Waals surface area contributed by atoms with Gasteiger partial charge in [0.2, 0.25) is 5.91 Å². The summed E-state index contributed by atoms with van der Waals surface area (Å²) in [6, 6.07) is 11.6. The number of ether oxygens (including phenoxy) is 1. The fourth-order valence-electron chi connectivity index (χ4n) is 1.84. The van der Waals surface area contributed by atoms with E-state index in [1.54, 1.807) is 42.5 Å². The number of esters is 1. The minimum absolute atomic E-state index is 0.288. The van der Waals surface area contributed by atoms with Crippen molar-refractivity contribution >= 4 is 28.9 Å². The molecule has 0 saturated heterocycles. The van der Waals surface area contributed by atoms with Gasteiger partial charge in [-0.3, -0.25) is 4.79 Å². The van der Waals surface area contributed by atoms with E-state index in [2.05, 4.69) is 10.1 Å². The number of nitrogens with one attached hydrogen (secondary N) is 1. The zero-order valence-corrected chi connectivity index (χ0v) is 11.4. The van der Waals surface area contributed by atoms with E-state index < -0.39 is 11.9 Å². The van der Waals surface area contributed by atoms with Crippen molar-refractivity contribution in [1.82, 2.24) is 0 Å². The molecule has 0 fully saturated rings. The maximum Gasteiger partial charge on any atom is 0.340 e. The molecule has 1 amide bonds. The van der Waals surface area contributed by atoms with Gasteiger partial charge < -0.3 is 21.5 Å². The van der Waals surface area contributed by atoms with E-state index in [1.807, 2.05) is 0 Å². The molecule has 21 heavy (non-hydrogen) atoms. The van der Waals surface area contributed by atoms with Crippen molar-refractivity contribution in [2.45, 2.75) is 0 Å². The summed E-state index contributed by atoms with van der Waals surface area (Å²) in [7, 11) is 1.30. The summed E-state index contributed by atoms with van der Waals surface area (Å²) in [6.07, 6.45) is 0.